The Bertz CT molecular complexity index is 380. The third kappa shape index (κ3) is 4.29. The smallest absolute Gasteiger partial charge is 0.294 e. The summed E-state index contributed by atoms with van der Waals surface area (Å²) in [6, 6.07) is 0. The van der Waals surface area contributed by atoms with Gasteiger partial charge in [-0.2, -0.15) is 9.95 Å². The van der Waals surface area contributed by atoms with Gasteiger partial charge < -0.3 is 0 Å². The van der Waals surface area contributed by atoms with Crippen LogP contribution < -0.4 is 0 Å². The van der Waals surface area contributed by atoms with E-state index in [-0.39, 0.29) is 12.8 Å². The summed E-state index contributed by atoms with van der Waals surface area (Å²) in [7, 11) is 0. The number of imide groups is 1. The molecule has 0 aliphatic carbocycles. The van der Waals surface area contributed by atoms with Gasteiger partial charge in [0, 0.05) is 12.8 Å². The number of hydrogen-bond acceptors (Lipinski definition) is 6. The molecular formula is C12H19NO6. The summed E-state index contributed by atoms with van der Waals surface area (Å²) in [5.74, 6) is -1.76. The molecule has 0 N–H and O–H groups in total. The number of rotatable bonds is 4. The molecule has 1 fully saturated rings. The SMILES string of the molecule is CC(C)(C)OOC(=O)C(C)(C)ON1C(=O)CCC1=O. The summed E-state index contributed by atoms with van der Waals surface area (Å²) >= 11 is 0. The summed E-state index contributed by atoms with van der Waals surface area (Å²) in [5.41, 5.74) is -2.16. The molecule has 0 aromatic heterocycles. The summed E-state index contributed by atoms with van der Waals surface area (Å²) in [6.07, 6.45) is 0.172. The second-order valence-electron chi connectivity index (χ2n) is 5.75. The van der Waals surface area contributed by atoms with Gasteiger partial charge in [-0.3, -0.25) is 14.5 Å². The van der Waals surface area contributed by atoms with Gasteiger partial charge in [-0.15, -0.1) is 0 Å². The molecule has 0 atom stereocenters. The monoisotopic (exact) mass is 273 g/mol. The van der Waals surface area contributed by atoms with Crippen molar-refractivity contribution in [1.82, 2.24) is 5.06 Å². The lowest BCUT2D eigenvalue weighted by atomic mass is 10.1. The van der Waals surface area contributed by atoms with Crippen molar-refractivity contribution in [2.24, 2.45) is 0 Å². The van der Waals surface area contributed by atoms with E-state index in [4.69, 9.17) is 9.73 Å². The maximum absolute atomic E-state index is 11.8. The normalized spacial score (nSPS) is 17.0. The van der Waals surface area contributed by atoms with Gasteiger partial charge in [0.25, 0.3) is 11.8 Å². The number of hydroxylamine groups is 2. The summed E-state index contributed by atoms with van der Waals surface area (Å²) in [4.78, 5) is 49.2. The van der Waals surface area contributed by atoms with Gasteiger partial charge in [0.2, 0.25) is 0 Å². The Hall–Kier alpha value is -1.47. The molecule has 2 amide bonds. The molecule has 0 radical (unpaired) electrons. The molecule has 7 heteroatoms. The van der Waals surface area contributed by atoms with Crippen LogP contribution in [-0.4, -0.2) is 34.0 Å². The van der Waals surface area contributed by atoms with E-state index >= 15 is 0 Å². The van der Waals surface area contributed by atoms with Gasteiger partial charge in [-0.1, -0.05) is 0 Å². The summed E-state index contributed by atoms with van der Waals surface area (Å²) in [6.45, 7) is 7.91. The zero-order chi connectivity index (χ0) is 14.8. The number of carbonyl (C=O) groups excluding carboxylic acids is 3. The molecule has 0 spiro atoms. The van der Waals surface area contributed by atoms with Crippen molar-refractivity contribution in [3.05, 3.63) is 0 Å². The Morgan fingerprint density at radius 2 is 1.53 bits per heavy atom. The van der Waals surface area contributed by atoms with Crippen molar-refractivity contribution in [2.45, 2.75) is 58.7 Å². The van der Waals surface area contributed by atoms with Crippen molar-refractivity contribution in [2.75, 3.05) is 0 Å². The van der Waals surface area contributed by atoms with Crippen LogP contribution in [0, 0.1) is 0 Å². The lowest BCUT2D eigenvalue weighted by Gasteiger charge is -2.27. The number of carbonyl (C=O) groups is 3. The van der Waals surface area contributed by atoms with Crippen LogP contribution in [0.15, 0.2) is 0 Å². The van der Waals surface area contributed by atoms with Crippen LogP contribution in [0.3, 0.4) is 0 Å². The Morgan fingerprint density at radius 3 is 1.95 bits per heavy atom. The third-order valence-electron chi connectivity index (χ3n) is 2.18. The minimum Gasteiger partial charge on any atom is -0.294 e. The molecule has 1 heterocycles. The lowest BCUT2D eigenvalue weighted by Crippen LogP contribution is -2.45. The van der Waals surface area contributed by atoms with E-state index in [2.05, 4.69) is 4.89 Å². The van der Waals surface area contributed by atoms with Crippen molar-refractivity contribution >= 4 is 17.8 Å². The fraction of sp³-hybridized carbons (Fsp3) is 0.750. The van der Waals surface area contributed by atoms with E-state index in [0.717, 1.165) is 0 Å². The first-order chi connectivity index (χ1) is 8.53. The van der Waals surface area contributed by atoms with Crippen molar-refractivity contribution < 1.29 is 29.0 Å². The molecular weight excluding hydrogens is 254 g/mol. The standard InChI is InChI=1S/C12H19NO6/c1-11(2,3)19-17-10(16)12(4,5)18-13-8(14)6-7-9(13)15/h6-7H2,1-5H3. The highest BCUT2D eigenvalue weighted by molar-refractivity contribution is 6.00. The molecule has 1 aliphatic heterocycles. The fourth-order valence-corrected chi connectivity index (χ4v) is 1.19. The second kappa shape index (κ2) is 5.26. The zero-order valence-electron chi connectivity index (χ0n) is 11.8. The molecule has 1 aliphatic rings. The summed E-state index contributed by atoms with van der Waals surface area (Å²) in [5, 5.41) is 0.609. The minimum atomic E-state index is -1.50. The largest absolute Gasteiger partial charge is 0.376 e. The second-order valence-corrected chi connectivity index (χ2v) is 5.75. The molecule has 7 nitrogen and oxygen atoms in total. The van der Waals surface area contributed by atoms with Gasteiger partial charge in [0.05, 0.1) is 0 Å². The molecule has 1 rings (SSSR count). The number of nitrogens with zero attached hydrogens (tertiary/aromatic N) is 1. The van der Waals surface area contributed by atoms with Crippen LogP contribution in [0.1, 0.15) is 47.5 Å². The Kier molecular flexibility index (Phi) is 4.32. The maximum atomic E-state index is 11.8. The van der Waals surface area contributed by atoms with Crippen LogP contribution in [0.5, 0.6) is 0 Å². The van der Waals surface area contributed by atoms with E-state index in [9.17, 15) is 14.4 Å². The van der Waals surface area contributed by atoms with Gasteiger partial charge >= 0.3 is 5.97 Å². The van der Waals surface area contributed by atoms with Gasteiger partial charge in [0.15, 0.2) is 5.60 Å². The highest BCUT2D eigenvalue weighted by Crippen LogP contribution is 2.21. The fourth-order valence-electron chi connectivity index (χ4n) is 1.19. The molecule has 0 saturated carbocycles. The average Bonchev–Trinajstić information content (AvgIpc) is 2.56. The van der Waals surface area contributed by atoms with Gasteiger partial charge in [0.1, 0.15) is 5.60 Å². The van der Waals surface area contributed by atoms with Crippen molar-refractivity contribution in [1.29, 1.82) is 0 Å². The van der Waals surface area contributed by atoms with E-state index in [1.54, 1.807) is 20.8 Å². The maximum Gasteiger partial charge on any atom is 0.376 e. The molecule has 0 aromatic rings. The van der Waals surface area contributed by atoms with Gasteiger partial charge in [-0.05, 0) is 34.6 Å². The van der Waals surface area contributed by atoms with E-state index in [1.165, 1.54) is 13.8 Å². The molecule has 19 heavy (non-hydrogen) atoms. The Labute approximate surface area is 111 Å². The molecule has 108 valence electrons. The highest BCUT2D eigenvalue weighted by Gasteiger charge is 2.41. The Balaban J connectivity index is 2.62. The first kappa shape index (κ1) is 15.6. The lowest BCUT2D eigenvalue weighted by molar-refractivity contribution is -0.335. The Morgan fingerprint density at radius 1 is 1.05 bits per heavy atom. The van der Waals surface area contributed by atoms with Crippen LogP contribution in [0.2, 0.25) is 0 Å². The number of hydrogen-bond donors (Lipinski definition) is 0. The van der Waals surface area contributed by atoms with Crippen molar-refractivity contribution in [3.63, 3.8) is 0 Å². The molecule has 1 saturated heterocycles. The van der Waals surface area contributed by atoms with E-state index in [0.29, 0.717) is 5.06 Å². The van der Waals surface area contributed by atoms with Crippen LogP contribution in [0.25, 0.3) is 0 Å². The van der Waals surface area contributed by atoms with Crippen LogP contribution in [0.4, 0.5) is 0 Å². The van der Waals surface area contributed by atoms with Gasteiger partial charge in [-0.25, -0.2) is 9.63 Å². The third-order valence-corrected chi connectivity index (χ3v) is 2.18. The highest BCUT2D eigenvalue weighted by atomic mass is 17.2. The molecule has 0 bridgehead atoms. The zero-order valence-corrected chi connectivity index (χ0v) is 11.8. The van der Waals surface area contributed by atoms with Crippen LogP contribution >= 0.6 is 0 Å². The van der Waals surface area contributed by atoms with E-state index in [1.807, 2.05) is 0 Å². The topological polar surface area (TPSA) is 82.1 Å². The van der Waals surface area contributed by atoms with E-state index < -0.39 is 29.0 Å². The number of amides is 2. The molecule has 0 aromatic carbocycles. The predicted molar refractivity (Wildman–Crippen MR) is 63.2 cm³/mol. The molecule has 0 unspecified atom stereocenters. The first-order valence-corrected chi connectivity index (χ1v) is 5.98. The first-order valence-electron chi connectivity index (χ1n) is 5.98. The average molecular weight is 273 g/mol. The minimum absolute atomic E-state index is 0.0858. The van der Waals surface area contributed by atoms with Crippen LogP contribution in [-0.2, 0) is 29.0 Å². The predicted octanol–water partition coefficient (Wildman–Crippen LogP) is 1.12. The summed E-state index contributed by atoms with van der Waals surface area (Å²) < 4.78 is 0. The quantitative estimate of drug-likeness (QED) is 0.433. The van der Waals surface area contributed by atoms with Crippen molar-refractivity contribution in [3.8, 4) is 0 Å².